The van der Waals surface area contributed by atoms with Gasteiger partial charge in [0.1, 0.15) is 0 Å². The highest BCUT2D eigenvalue weighted by Gasteiger charge is 2.32. The molecule has 150 valence electrons. The fraction of sp³-hybridized carbons (Fsp3) is 0.565. The lowest BCUT2D eigenvalue weighted by atomic mass is 9.90. The van der Waals surface area contributed by atoms with Crippen LogP contribution in [0.2, 0.25) is 0 Å². The molecule has 28 heavy (non-hydrogen) atoms. The summed E-state index contributed by atoms with van der Waals surface area (Å²) in [5.41, 5.74) is 4.46. The maximum absolute atomic E-state index is 12.8. The van der Waals surface area contributed by atoms with Crippen LogP contribution in [0.1, 0.15) is 57.7 Å². The monoisotopic (exact) mass is 381 g/mol. The topological polar surface area (TPSA) is 65.2 Å². The van der Waals surface area contributed by atoms with Crippen LogP contribution in [0.25, 0.3) is 10.9 Å². The van der Waals surface area contributed by atoms with Gasteiger partial charge in [0.15, 0.2) is 0 Å². The number of rotatable bonds is 2. The number of hydrogen-bond donors (Lipinski definition) is 2. The minimum atomic E-state index is -0.361. The molecule has 2 aromatic rings. The Hall–Kier alpha value is -2.30. The van der Waals surface area contributed by atoms with Crippen LogP contribution in [0.3, 0.4) is 0 Å². The number of aromatic amines is 1. The second-order valence-electron chi connectivity index (χ2n) is 9.36. The second-order valence-corrected chi connectivity index (χ2v) is 9.36. The molecule has 2 aliphatic rings. The standard InChI is InChI=1S/C23H31N3O2/c1-23(2,3)22(28)26-12-10-15(11-13-26)21(27)24-16-8-9-20-18(14-16)17-6-4-5-7-19(17)25-20/h8-9,14-15,25H,4-7,10-13H2,1-3H3,(H,24,27). The Morgan fingerprint density at radius 2 is 1.82 bits per heavy atom. The molecule has 2 N–H and O–H groups in total. The predicted octanol–water partition coefficient (Wildman–Crippen LogP) is 4.27. The molecule has 0 unspecified atom stereocenters. The molecule has 1 aliphatic carbocycles. The zero-order valence-electron chi connectivity index (χ0n) is 17.2. The van der Waals surface area contributed by atoms with E-state index in [0.717, 1.165) is 31.4 Å². The van der Waals surface area contributed by atoms with E-state index in [1.807, 2.05) is 31.7 Å². The maximum Gasteiger partial charge on any atom is 0.227 e. The van der Waals surface area contributed by atoms with Gasteiger partial charge < -0.3 is 15.2 Å². The number of nitrogens with one attached hydrogen (secondary N) is 2. The summed E-state index contributed by atoms with van der Waals surface area (Å²) in [5.74, 6) is 0.223. The number of anilines is 1. The van der Waals surface area contributed by atoms with E-state index < -0.39 is 0 Å². The minimum absolute atomic E-state index is 0.0279. The summed E-state index contributed by atoms with van der Waals surface area (Å²) in [5, 5.41) is 4.37. The van der Waals surface area contributed by atoms with Gasteiger partial charge in [-0.1, -0.05) is 20.8 Å². The number of benzene rings is 1. The Morgan fingerprint density at radius 1 is 1.11 bits per heavy atom. The van der Waals surface area contributed by atoms with Gasteiger partial charge in [0, 0.05) is 46.7 Å². The molecule has 1 aliphatic heterocycles. The number of hydrogen-bond acceptors (Lipinski definition) is 2. The first kappa shape index (κ1) is 19.0. The van der Waals surface area contributed by atoms with E-state index in [2.05, 4.69) is 22.4 Å². The second kappa shape index (κ2) is 7.26. The highest BCUT2D eigenvalue weighted by molar-refractivity contribution is 5.96. The van der Waals surface area contributed by atoms with Crippen molar-refractivity contribution >= 4 is 28.4 Å². The molecular formula is C23H31N3O2. The molecular weight excluding hydrogens is 350 g/mol. The summed E-state index contributed by atoms with van der Waals surface area (Å²) in [6.07, 6.45) is 6.19. The van der Waals surface area contributed by atoms with E-state index in [9.17, 15) is 9.59 Å². The summed E-state index contributed by atoms with van der Waals surface area (Å²) in [6.45, 7) is 7.18. The number of fused-ring (bicyclic) bond motifs is 3. The Bertz CT molecular complexity index is 898. The van der Waals surface area contributed by atoms with Gasteiger partial charge in [-0.3, -0.25) is 9.59 Å². The van der Waals surface area contributed by atoms with Gasteiger partial charge in [-0.25, -0.2) is 0 Å². The average molecular weight is 382 g/mol. The zero-order valence-corrected chi connectivity index (χ0v) is 17.2. The maximum atomic E-state index is 12.8. The molecule has 1 fully saturated rings. The summed E-state index contributed by atoms with van der Waals surface area (Å²) in [7, 11) is 0. The number of aryl methyl sites for hydroxylation is 2. The molecule has 0 radical (unpaired) electrons. The van der Waals surface area contributed by atoms with Crippen molar-refractivity contribution < 1.29 is 9.59 Å². The summed E-state index contributed by atoms with van der Waals surface area (Å²) >= 11 is 0. The molecule has 2 amide bonds. The molecule has 2 heterocycles. The number of aromatic nitrogens is 1. The molecule has 1 saturated heterocycles. The number of carbonyl (C=O) groups excluding carboxylic acids is 2. The predicted molar refractivity (Wildman–Crippen MR) is 112 cm³/mol. The van der Waals surface area contributed by atoms with Crippen LogP contribution in [-0.4, -0.2) is 34.8 Å². The third-order valence-corrected chi connectivity index (χ3v) is 6.16. The first-order valence-corrected chi connectivity index (χ1v) is 10.6. The number of amides is 2. The number of likely N-dealkylation sites (tertiary alicyclic amines) is 1. The molecule has 1 aromatic carbocycles. The summed E-state index contributed by atoms with van der Waals surface area (Å²) in [4.78, 5) is 30.6. The fourth-order valence-corrected chi connectivity index (χ4v) is 4.55. The van der Waals surface area contributed by atoms with Crippen LogP contribution in [0.4, 0.5) is 5.69 Å². The van der Waals surface area contributed by atoms with Crippen LogP contribution in [0.15, 0.2) is 18.2 Å². The van der Waals surface area contributed by atoms with Crippen molar-refractivity contribution in [3.8, 4) is 0 Å². The van der Waals surface area contributed by atoms with Gasteiger partial charge in [-0.2, -0.15) is 0 Å². The van der Waals surface area contributed by atoms with Crippen molar-refractivity contribution in [3.05, 3.63) is 29.5 Å². The van der Waals surface area contributed by atoms with Crippen molar-refractivity contribution in [3.63, 3.8) is 0 Å². The Kier molecular flexibility index (Phi) is 4.94. The average Bonchev–Trinajstić information content (AvgIpc) is 3.05. The van der Waals surface area contributed by atoms with Crippen LogP contribution in [0.5, 0.6) is 0 Å². The smallest absolute Gasteiger partial charge is 0.227 e. The summed E-state index contributed by atoms with van der Waals surface area (Å²) in [6, 6.07) is 6.18. The molecule has 0 saturated carbocycles. The lowest BCUT2D eigenvalue weighted by molar-refractivity contribution is -0.142. The van der Waals surface area contributed by atoms with Gasteiger partial charge in [-0.15, -0.1) is 0 Å². The van der Waals surface area contributed by atoms with E-state index in [-0.39, 0.29) is 23.1 Å². The van der Waals surface area contributed by atoms with Crippen molar-refractivity contribution in [2.75, 3.05) is 18.4 Å². The van der Waals surface area contributed by atoms with Gasteiger partial charge >= 0.3 is 0 Å². The molecule has 1 aromatic heterocycles. The van der Waals surface area contributed by atoms with E-state index in [4.69, 9.17) is 0 Å². The molecule has 0 bridgehead atoms. The Balaban J connectivity index is 1.41. The highest BCUT2D eigenvalue weighted by Crippen LogP contribution is 2.31. The quantitative estimate of drug-likeness (QED) is 0.816. The zero-order chi connectivity index (χ0) is 19.9. The van der Waals surface area contributed by atoms with Gasteiger partial charge in [-0.05, 0) is 62.3 Å². The van der Waals surface area contributed by atoms with Gasteiger partial charge in [0.05, 0.1) is 0 Å². The lowest BCUT2D eigenvalue weighted by Gasteiger charge is -2.35. The van der Waals surface area contributed by atoms with Crippen LogP contribution in [-0.2, 0) is 22.4 Å². The first-order valence-electron chi connectivity index (χ1n) is 10.6. The van der Waals surface area contributed by atoms with Crippen molar-refractivity contribution in [1.29, 1.82) is 0 Å². The van der Waals surface area contributed by atoms with E-state index >= 15 is 0 Å². The number of H-pyrrole nitrogens is 1. The number of nitrogens with zero attached hydrogens (tertiary/aromatic N) is 1. The van der Waals surface area contributed by atoms with Crippen LogP contribution in [0, 0.1) is 11.3 Å². The van der Waals surface area contributed by atoms with Crippen LogP contribution >= 0.6 is 0 Å². The number of piperidine rings is 1. The third kappa shape index (κ3) is 3.67. The Morgan fingerprint density at radius 3 is 2.54 bits per heavy atom. The highest BCUT2D eigenvalue weighted by atomic mass is 16.2. The van der Waals surface area contributed by atoms with Crippen molar-refractivity contribution in [1.82, 2.24) is 9.88 Å². The van der Waals surface area contributed by atoms with E-state index in [1.54, 1.807) is 0 Å². The largest absolute Gasteiger partial charge is 0.358 e. The SMILES string of the molecule is CC(C)(C)C(=O)N1CCC(C(=O)Nc2ccc3[nH]c4c(c3c2)CCCC4)CC1. The summed E-state index contributed by atoms with van der Waals surface area (Å²) < 4.78 is 0. The normalized spacial score (nSPS) is 18.2. The molecule has 4 rings (SSSR count). The molecule has 0 spiro atoms. The van der Waals surface area contributed by atoms with Gasteiger partial charge in [0.25, 0.3) is 0 Å². The van der Waals surface area contributed by atoms with E-state index in [0.29, 0.717) is 13.1 Å². The lowest BCUT2D eigenvalue weighted by Crippen LogP contribution is -2.45. The molecule has 0 atom stereocenters. The van der Waals surface area contributed by atoms with Gasteiger partial charge in [0.2, 0.25) is 11.8 Å². The minimum Gasteiger partial charge on any atom is -0.358 e. The molecule has 5 nitrogen and oxygen atoms in total. The fourth-order valence-electron chi connectivity index (χ4n) is 4.55. The van der Waals surface area contributed by atoms with Crippen molar-refractivity contribution in [2.45, 2.75) is 59.3 Å². The van der Waals surface area contributed by atoms with Crippen molar-refractivity contribution in [2.24, 2.45) is 11.3 Å². The molecule has 5 heteroatoms. The Labute approximate surface area is 166 Å². The third-order valence-electron chi connectivity index (χ3n) is 6.16. The first-order chi connectivity index (χ1) is 13.3. The van der Waals surface area contributed by atoms with Crippen LogP contribution < -0.4 is 5.32 Å². The van der Waals surface area contributed by atoms with E-state index in [1.165, 1.54) is 35.0 Å². The number of carbonyl (C=O) groups is 2.